The molecule has 88 valence electrons. The Morgan fingerprint density at radius 3 is 1.25 bits per heavy atom. The molecule has 0 atom stereocenters. The van der Waals surface area contributed by atoms with Gasteiger partial charge in [0.2, 0.25) is 0 Å². The summed E-state index contributed by atoms with van der Waals surface area (Å²) in [6, 6.07) is 0. The molecule has 0 spiro atoms. The van der Waals surface area contributed by atoms with E-state index in [2.05, 4.69) is 19.6 Å². The van der Waals surface area contributed by atoms with Gasteiger partial charge in [0, 0.05) is 26.0 Å². The van der Waals surface area contributed by atoms with Crippen molar-refractivity contribution < 1.29 is 38.7 Å². The van der Waals surface area contributed by atoms with Crippen LogP contribution in [0.25, 0.3) is 0 Å². The number of carbonyl (C=O) groups excluding carboxylic acids is 4. The van der Waals surface area contributed by atoms with Crippen molar-refractivity contribution in [1.82, 2.24) is 0 Å². The van der Waals surface area contributed by atoms with Crippen LogP contribution in [0.3, 0.4) is 0 Å². The van der Waals surface area contributed by atoms with Gasteiger partial charge >= 0.3 is 23.9 Å². The zero-order chi connectivity index (χ0) is 12.6. The fraction of sp³-hybridized carbons (Fsp3) is 0.250. The van der Waals surface area contributed by atoms with Gasteiger partial charge in [0.15, 0.2) is 0 Å². The van der Waals surface area contributed by atoms with E-state index in [0.717, 1.165) is 13.8 Å². The second-order valence-corrected chi connectivity index (χ2v) is 2.29. The zero-order valence-corrected chi connectivity index (χ0v) is 8.42. The van der Waals surface area contributed by atoms with Crippen LogP contribution in [-0.4, -0.2) is 23.9 Å². The first-order chi connectivity index (χ1) is 7.41. The molecule has 0 N–H and O–H groups in total. The fourth-order valence-corrected chi connectivity index (χ4v) is 0.391. The average molecular weight is 232 g/mol. The second kappa shape index (κ2) is 6.98. The maximum Gasteiger partial charge on any atom is 0.379 e. The maximum absolute atomic E-state index is 10.7. The minimum Gasteiger partial charge on any atom is -0.248 e. The van der Waals surface area contributed by atoms with Gasteiger partial charge in [0.25, 0.3) is 0 Å². The molecule has 16 heavy (non-hydrogen) atoms. The molecule has 0 aromatic heterocycles. The van der Waals surface area contributed by atoms with Gasteiger partial charge in [-0.15, -0.1) is 0 Å². The Balaban J connectivity index is 3.88. The third kappa shape index (κ3) is 8.23. The summed E-state index contributed by atoms with van der Waals surface area (Å²) in [7, 11) is 0. The lowest BCUT2D eigenvalue weighted by molar-refractivity contribution is -0.254. The van der Waals surface area contributed by atoms with Gasteiger partial charge in [0.1, 0.15) is 0 Å². The normalized spacial score (nSPS) is 9.38. The summed E-state index contributed by atoms with van der Waals surface area (Å²) in [6.45, 7) is 2.04. The lowest BCUT2D eigenvalue weighted by Crippen LogP contribution is -2.08. The van der Waals surface area contributed by atoms with Crippen molar-refractivity contribution >= 4 is 23.9 Å². The predicted molar refractivity (Wildman–Crippen MR) is 44.9 cm³/mol. The average Bonchev–Trinajstić information content (AvgIpc) is 2.20. The van der Waals surface area contributed by atoms with E-state index in [-0.39, 0.29) is 0 Å². The van der Waals surface area contributed by atoms with Gasteiger partial charge in [-0.25, -0.2) is 38.7 Å². The molecule has 0 unspecified atom stereocenters. The molecule has 0 saturated heterocycles. The monoisotopic (exact) mass is 232 g/mol. The molecule has 0 bridgehead atoms. The fourth-order valence-electron chi connectivity index (χ4n) is 0.391. The largest absolute Gasteiger partial charge is 0.379 e. The van der Waals surface area contributed by atoms with Crippen molar-refractivity contribution in [2.75, 3.05) is 0 Å². The highest BCUT2D eigenvalue weighted by Gasteiger charge is 2.05. The van der Waals surface area contributed by atoms with Gasteiger partial charge in [-0.2, -0.15) is 0 Å². The van der Waals surface area contributed by atoms with Crippen LogP contribution in [0.5, 0.6) is 0 Å². The Morgan fingerprint density at radius 1 is 0.688 bits per heavy atom. The minimum atomic E-state index is -1.10. The van der Waals surface area contributed by atoms with Crippen LogP contribution in [0.4, 0.5) is 0 Å². The molecular weight excluding hydrogens is 224 g/mol. The van der Waals surface area contributed by atoms with Gasteiger partial charge in [-0.3, -0.25) is 0 Å². The molecule has 0 aromatic carbocycles. The van der Waals surface area contributed by atoms with E-state index in [1.165, 1.54) is 0 Å². The van der Waals surface area contributed by atoms with E-state index in [4.69, 9.17) is 0 Å². The highest BCUT2D eigenvalue weighted by molar-refractivity contribution is 5.91. The summed E-state index contributed by atoms with van der Waals surface area (Å²) in [5.74, 6) is -3.86. The van der Waals surface area contributed by atoms with Gasteiger partial charge < -0.3 is 0 Å². The first-order valence-electron chi connectivity index (χ1n) is 3.88. The molecule has 0 amide bonds. The van der Waals surface area contributed by atoms with E-state index in [0.29, 0.717) is 12.2 Å². The molecule has 0 aliphatic carbocycles. The Labute approximate surface area is 89.6 Å². The van der Waals surface area contributed by atoms with Crippen LogP contribution in [0, 0.1) is 0 Å². The molecule has 8 nitrogen and oxygen atoms in total. The summed E-state index contributed by atoms with van der Waals surface area (Å²) in [5.41, 5.74) is 0. The Morgan fingerprint density at radius 2 is 1.00 bits per heavy atom. The van der Waals surface area contributed by atoms with Crippen LogP contribution in [0.1, 0.15) is 13.8 Å². The van der Waals surface area contributed by atoms with Gasteiger partial charge in [0.05, 0.1) is 0 Å². The van der Waals surface area contributed by atoms with E-state index in [9.17, 15) is 19.2 Å². The zero-order valence-electron chi connectivity index (χ0n) is 8.42. The van der Waals surface area contributed by atoms with Crippen molar-refractivity contribution in [2.45, 2.75) is 13.8 Å². The second-order valence-electron chi connectivity index (χ2n) is 2.29. The van der Waals surface area contributed by atoms with Crippen molar-refractivity contribution in [3.05, 3.63) is 12.2 Å². The van der Waals surface area contributed by atoms with Crippen molar-refractivity contribution in [3.63, 3.8) is 0 Å². The third-order valence-electron chi connectivity index (χ3n) is 0.838. The molecule has 8 heteroatoms. The van der Waals surface area contributed by atoms with Crippen molar-refractivity contribution in [1.29, 1.82) is 0 Å². The maximum atomic E-state index is 10.7. The molecular formula is C8H8O8. The van der Waals surface area contributed by atoms with E-state index < -0.39 is 23.9 Å². The molecule has 0 rings (SSSR count). The smallest absolute Gasteiger partial charge is 0.248 e. The van der Waals surface area contributed by atoms with Crippen LogP contribution < -0.4 is 0 Å². The molecule has 0 aliphatic heterocycles. The molecule has 0 radical (unpaired) electrons. The first kappa shape index (κ1) is 13.6. The van der Waals surface area contributed by atoms with Crippen molar-refractivity contribution in [3.8, 4) is 0 Å². The molecule has 0 aromatic rings. The topological polar surface area (TPSA) is 105 Å². The number of hydrogen-bond acceptors (Lipinski definition) is 8. The van der Waals surface area contributed by atoms with Gasteiger partial charge in [-0.05, 0) is 0 Å². The third-order valence-corrected chi connectivity index (χ3v) is 0.838. The minimum absolute atomic E-state index is 0.620. The van der Waals surface area contributed by atoms with Crippen LogP contribution >= 0.6 is 0 Å². The standard InChI is InChI=1S/C8H8O8/c1-5(9)13-15-7(11)3-4-8(12)16-14-6(2)10/h3-4H,1-2H3/b4-3-. The van der Waals surface area contributed by atoms with E-state index in [1.54, 1.807) is 0 Å². The Bertz CT molecular complexity index is 297. The van der Waals surface area contributed by atoms with Crippen LogP contribution in [-0.2, 0) is 38.7 Å². The molecule has 0 saturated carbocycles. The molecule has 0 heterocycles. The summed E-state index contributed by atoms with van der Waals surface area (Å²) in [5, 5.41) is 0. The first-order valence-corrected chi connectivity index (χ1v) is 3.88. The van der Waals surface area contributed by atoms with E-state index in [1.807, 2.05) is 0 Å². The number of hydrogen-bond donors (Lipinski definition) is 0. The Kier molecular flexibility index (Phi) is 5.95. The summed E-state index contributed by atoms with van der Waals surface area (Å²) in [6.07, 6.45) is 1.24. The van der Waals surface area contributed by atoms with Gasteiger partial charge in [-0.1, -0.05) is 0 Å². The lowest BCUT2D eigenvalue weighted by Gasteiger charge is -1.96. The van der Waals surface area contributed by atoms with Crippen molar-refractivity contribution in [2.24, 2.45) is 0 Å². The molecule has 0 aliphatic rings. The quantitative estimate of drug-likeness (QED) is 0.359. The lowest BCUT2D eigenvalue weighted by atomic mass is 10.5. The number of carbonyl (C=O) groups is 4. The Hall–Kier alpha value is -2.38. The predicted octanol–water partition coefficient (Wildman–Crippen LogP) is -0.415. The highest BCUT2D eigenvalue weighted by atomic mass is 17.2. The highest BCUT2D eigenvalue weighted by Crippen LogP contribution is 1.88. The van der Waals surface area contributed by atoms with Crippen LogP contribution in [0.2, 0.25) is 0 Å². The number of rotatable bonds is 2. The summed E-state index contributed by atoms with van der Waals surface area (Å²) < 4.78 is 0. The summed E-state index contributed by atoms with van der Waals surface area (Å²) >= 11 is 0. The molecule has 0 fully saturated rings. The van der Waals surface area contributed by atoms with Crippen LogP contribution in [0.15, 0.2) is 12.2 Å². The SMILES string of the molecule is CC(=O)OOC(=O)/C=C\C(=O)OOC(C)=O. The summed E-state index contributed by atoms with van der Waals surface area (Å²) in [4.78, 5) is 57.3. The van der Waals surface area contributed by atoms with E-state index >= 15 is 0 Å².